The Morgan fingerprint density at radius 1 is 1.28 bits per heavy atom. The number of hydrogen-bond acceptors (Lipinski definition) is 4. The van der Waals surface area contributed by atoms with Crippen molar-refractivity contribution in [3.05, 3.63) is 29.8 Å². The Morgan fingerprint density at radius 3 is 2.72 bits per heavy atom. The van der Waals surface area contributed by atoms with Crippen LogP contribution in [0.2, 0.25) is 0 Å². The molecule has 2 fully saturated rings. The van der Waals surface area contributed by atoms with Crippen LogP contribution in [0.25, 0.3) is 0 Å². The van der Waals surface area contributed by atoms with E-state index in [2.05, 4.69) is 11.6 Å². The molecule has 1 aromatic carbocycles. The molecule has 3 rings (SSSR count). The molecule has 0 aliphatic carbocycles. The smallest absolute Gasteiger partial charge is 0.253 e. The fraction of sp³-hybridized carbons (Fsp3) is 0.611. The lowest BCUT2D eigenvalue weighted by atomic mass is 9.98. The molecule has 6 nitrogen and oxygen atoms in total. The SMILES string of the molecule is CC1CCN(C(=O)c2cccc(S(=O)(=O)NCC3CCCO3)c2)CC1. The number of nitrogens with zero attached hydrogens (tertiary/aromatic N) is 1. The number of carbonyl (C=O) groups is 1. The predicted molar refractivity (Wildman–Crippen MR) is 94.9 cm³/mol. The van der Waals surface area contributed by atoms with E-state index in [1.807, 2.05) is 4.90 Å². The zero-order chi connectivity index (χ0) is 17.9. The van der Waals surface area contributed by atoms with Gasteiger partial charge in [0.05, 0.1) is 11.0 Å². The van der Waals surface area contributed by atoms with E-state index >= 15 is 0 Å². The third kappa shape index (κ3) is 4.59. The van der Waals surface area contributed by atoms with Gasteiger partial charge in [-0.05, 0) is 49.8 Å². The monoisotopic (exact) mass is 366 g/mol. The van der Waals surface area contributed by atoms with Crippen LogP contribution in [0.4, 0.5) is 0 Å². The van der Waals surface area contributed by atoms with Crippen LogP contribution in [0.5, 0.6) is 0 Å². The van der Waals surface area contributed by atoms with Crippen molar-refractivity contribution in [3.63, 3.8) is 0 Å². The van der Waals surface area contributed by atoms with Crippen LogP contribution in [0.15, 0.2) is 29.2 Å². The first-order chi connectivity index (χ1) is 12.0. The number of hydrogen-bond donors (Lipinski definition) is 1. The molecule has 0 bridgehead atoms. The normalized spacial score (nSPS) is 22.3. The van der Waals surface area contributed by atoms with E-state index in [1.54, 1.807) is 12.1 Å². The number of carbonyl (C=O) groups excluding carboxylic acids is 1. The number of piperidine rings is 1. The zero-order valence-corrected chi connectivity index (χ0v) is 15.4. The van der Waals surface area contributed by atoms with Gasteiger partial charge in [-0.15, -0.1) is 0 Å². The summed E-state index contributed by atoms with van der Waals surface area (Å²) in [6, 6.07) is 6.30. The molecule has 0 saturated carbocycles. The highest BCUT2D eigenvalue weighted by Crippen LogP contribution is 2.20. The molecule has 1 N–H and O–H groups in total. The van der Waals surface area contributed by atoms with E-state index in [9.17, 15) is 13.2 Å². The van der Waals surface area contributed by atoms with Crippen LogP contribution in [0, 0.1) is 5.92 Å². The Bertz CT molecular complexity index is 706. The number of ether oxygens (including phenoxy) is 1. The highest BCUT2D eigenvalue weighted by Gasteiger charge is 2.24. The number of amides is 1. The fourth-order valence-corrected chi connectivity index (χ4v) is 4.39. The van der Waals surface area contributed by atoms with Crippen molar-refractivity contribution in [3.8, 4) is 0 Å². The van der Waals surface area contributed by atoms with Crippen LogP contribution in [-0.2, 0) is 14.8 Å². The Labute approximate surface area is 149 Å². The van der Waals surface area contributed by atoms with Crippen LogP contribution >= 0.6 is 0 Å². The maximum absolute atomic E-state index is 12.6. The predicted octanol–water partition coefficient (Wildman–Crippen LogP) is 2.02. The maximum Gasteiger partial charge on any atom is 0.253 e. The summed E-state index contributed by atoms with van der Waals surface area (Å²) in [5, 5.41) is 0. The van der Waals surface area contributed by atoms with Crippen molar-refractivity contribution in [2.75, 3.05) is 26.2 Å². The largest absolute Gasteiger partial charge is 0.377 e. The van der Waals surface area contributed by atoms with Gasteiger partial charge in [0.2, 0.25) is 10.0 Å². The molecule has 7 heteroatoms. The number of sulfonamides is 1. The minimum Gasteiger partial charge on any atom is -0.377 e. The summed E-state index contributed by atoms with van der Waals surface area (Å²) in [6.45, 7) is 4.60. The second-order valence-electron chi connectivity index (χ2n) is 6.99. The summed E-state index contributed by atoms with van der Waals surface area (Å²) in [6.07, 6.45) is 3.76. The van der Waals surface area contributed by atoms with Crippen molar-refractivity contribution < 1.29 is 17.9 Å². The standard InChI is InChI=1S/C18H26N2O4S/c1-14-7-9-20(10-8-14)18(21)15-4-2-6-17(12-15)25(22,23)19-13-16-5-3-11-24-16/h2,4,6,12,14,16,19H,3,5,7-11,13H2,1H3. The average Bonchev–Trinajstić information content (AvgIpc) is 3.14. The highest BCUT2D eigenvalue weighted by molar-refractivity contribution is 7.89. The third-order valence-electron chi connectivity index (χ3n) is 4.99. The first-order valence-electron chi connectivity index (χ1n) is 8.96. The molecule has 0 aromatic heterocycles. The minimum absolute atomic E-state index is 0.0603. The van der Waals surface area contributed by atoms with E-state index in [-0.39, 0.29) is 23.5 Å². The Kier molecular flexibility index (Phi) is 5.76. The summed E-state index contributed by atoms with van der Waals surface area (Å²) in [7, 11) is -3.64. The molecule has 138 valence electrons. The van der Waals surface area contributed by atoms with E-state index in [0.717, 1.165) is 38.8 Å². The van der Waals surface area contributed by atoms with Crippen LogP contribution in [0.1, 0.15) is 43.0 Å². The molecule has 2 aliphatic heterocycles. The molecule has 0 radical (unpaired) electrons. The molecular formula is C18H26N2O4S. The summed E-state index contributed by atoms with van der Waals surface area (Å²) in [4.78, 5) is 14.6. The van der Waals surface area contributed by atoms with Crippen molar-refractivity contribution in [1.82, 2.24) is 9.62 Å². The quantitative estimate of drug-likeness (QED) is 0.865. The fourth-order valence-electron chi connectivity index (χ4n) is 3.28. The molecular weight excluding hydrogens is 340 g/mol. The van der Waals surface area contributed by atoms with Gasteiger partial charge in [-0.3, -0.25) is 4.79 Å². The molecule has 1 unspecified atom stereocenters. The molecule has 25 heavy (non-hydrogen) atoms. The van der Waals surface area contributed by atoms with Gasteiger partial charge >= 0.3 is 0 Å². The molecule has 1 amide bonds. The molecule has 2 saturated heterocycles. The highest BCUT2D eigenvalue weighted by atomic mass is 32.2. The van der Waals surface area contributed by atoms with Gasteiger partial charge in [0.1, 0.15) is 0 Å². The van der Waals surface area contributed by atoms with Crippen LogP contribution in [-0.4, -0.2) is 51.6 Å². The van der Waals surface area contributed by atoms with Gasteiger partial charge in [0, 0.05) is 31.8 Å². The lowest BCUT2D eigenvalue weighted by Crippen LogP contribution is -2.38. The molecule has 2 heterocycles. The number of nitrogens with one attached hydrogen (secondary N) is 1. The van der Waals surface area contributed by atoms with Crippen molar-refractivity contribution in [2.45, 2.75) is 43.6 Å². The molecule has 0 spiro atoms. The second kappa shape index (κ2) is 7.85. The van der Waals surface area contributed by atoms with Gasteiger partial charge in [-0.1, -0.05) is 13.0 Å². The first-order valence-corrected chi connectivity index (χ1v) is 10.4. The number of rotatable bonds is 5. The first kappa shape index (κ1) is 18.4. The van der Waals surface area contributed by atoms with Crippen molar-refractivity contribution in [2.24, 2.45) is 5.92 Å². The van der Waals surface area contributed by atoms with E-state index in [0.29, 0.717) is 18.1 Å². The Balaban J connectivity index is 1.68. The summed E-state index contributed by atoms with van der Waals surface area (Å²) in [5.74, 6) is 0.542. The lowest BCUT2D eigenvalue weighted by Gasteiger charge is -2.30. The number of likely N-dealkylation sites (tertiary alicyclic amines) is 1. The third-order valence-corrected chi connectivity index (χ3v) is 6.41. The minimum atomic E-state index is -3.64. The molecule has 1 aromatic rings. The summed E-state index contributed by atoms with van der Waals surface area (Å²) in [5.41, 5.74) is 0.426. The summed E-state index contributed by atoms with van der Waals surface area (Å²) < 4.78 is 33.0. The maximum atomic E-state index is 12.6. The number of benzene rings is 1. The van der Waals surface area contributed by atoms with Crippen molar-refractivity contribution >= 4 is 15.9 Å². The van der Waals surface area contributed by atoms with Crippen molar-refractivity contribution in [1.29, 1.82) is 0 Å². The Hall–Kier alpha value is -1.44. The van der Waals surface area contributed by atoms with Crippen LogP contribution in [0.3, 0.4) is 0 Å². The van der Waals surface area contributed by atoms with Gasteiger partial charge in [-0.2, -0.15) is 0 Å². The average molecular weight is 366 g/mol. The van der Waals surface area contributed by atoms with Gasteiger partial charge in [-0.25, -0.2) is 13.1 Å². The van der Waals surface area contributed by atoms with Gasteiger partial charge in [0.25, 0.3) is 5.91 Å². The Morgan fingerprint density at radius 2 is 2.04 bits per heavy atom. The van der Waals surface area contributed by atoms with Gasteiger partial charge < -0.3 is 9.64 Å². The topological polar surface area (TPSA) is 75.7 Å². The van der Waals surface area contributed by atoms with Crippen LogP contribution < -0.4 is 4.72 Å². The lowest BCUT2D eigenvalue weighted by molar-refractivity contribution is 0.0697. The molecule has 1 atom stereocenters. The second-order valence-corrected chi connectivity index (χ2v) is 8.76. The van der Waals surface area contributed by atoms with E-state index in [1.165, 1.54) is 12.1 Å². The zero-order valence-electron chi connectivity index (χ0n) is 14.6. The van der Waals surface area contributed by atoms with E-state index < -0.39 is 10.0 Å². The van der Waals surface area contributed by atoms with Gasteiger partial charge in [0.15, 0.2) is 0 Å². The molecule has 2 aliphatic rings. The summed E-state index contributed by atoms with van der Waals surface area (Å²) >= 11 is 0. The van der Waals surface area contributed by atoms with E-state index in [4.69, 9.17) is 4.74 Å².